The quantitative estimate of drug-likeness (QED) is 0.476. The van der Waals surface area contributed by atoms with Crippen LogP contribution in [0.3, 0.4) is 0 Å². The van der Waals surface area contributed by atoms with E-state index in [0.29, 0.717) is 41.2 Å². The zero-order valence-electron chi connectivity index (χ0n) is 19.1. The molecule has 35 heavy (non-hydrogen) atoms. The van der Waals surface area contributed by atoms with Gasteiger partial charge in [0, 0.05) is 36.2 Å². The molecule has 0 bridgehead atoms. The molecule has 3 aromatic rings. The largest absolute Gasteiger partial charge is 0.454 e. The predicted molar refractivity (Wildman–Crippen MR) is 125 cm³/mol. The van der Waals surface area contributed by atoms with Crippen molar-refractivity contribution in [3.63, 3.8) is 0 Å². The number of piperazine rings is 1. The van der Waals surface area contributed by atoms with Crippen LogP contribution < -0.4 is 20.1 Å². The van der Waals surface area contributed by atoms with E-state index >= 15 is 0 Å². The van der Waals surface area contributed by atoms with E-state index in [0.717, 1.165) is 11.4 Å². The zero-order chi connectivity index (χ0) is 24.5. The molecular weight excluding hydrogens is 474 g/mol. The van der Waals surface area contributed by atoms with Crippen molar-refractivity contribution in [3.05, 3.63) is 35.7 Å². The van der Waals surface area contributed by atoms with Crippen molar-refractivity contribution >= 4 is 40.9 Å². The molecule has 2 aliphatic rings. The van der Waals surface area contributed by atoms with Gasteiger partial charge in [0.1, 0.15) is 6.04 Å². The van der Waals surface area contributed by atoms with Gasteiger partial charge in [-0.3, -0.25) is 18.8 Å². The van der Waals surface area contributed by atoms with E-state index in [-0.39, 0.29) is 30.8 Å². The van der Waals surface area contributed by atoms with Gasteiger partial charge in [-0.05, 0) is 32.0 Å². The van der Waals surface area contributed by atoms with E-state index in [9.17, 15) is 14.4 Å². The molecule has 0 radical (unpaired) electrons. The van der Waals surface area contributed by atoms with E-state index in [4.69, 9.17) is 9.47 Å². The molecule has 1 atom stereocenters. The van der Waals surface area contributed by atoms with Crippen molar-refractivity contribution in [1.82, 2.24) is 29.8 Å². The Hall–Kier alpha value is -3.87. The number of aromatic nitrogens is 4. The first-order valence-electron chi connectivity index (χ1n) is 11.0. The molecular formula is C22H23N7O5S. The number of amides is 3. The number of benzene rings is 1. The minimum absolute atomic E-state index is 0.0433. The number of thioether (sulfide) groups is 1. The van der Waals surface area contributed by atoms with Crippen molar-refractivity contribution in [2.45, 2.75) is 31.5 Å². The highest BCUT2D eigenvalue weighted by Crippen LogP contribution is 2.34. The molecule has 13 heteroatoms. The first-order chi connectivity index (χ1) is 16.9. The van der Waals surface area contributed by atoms with Crippen molar-refractivity contribution in [3.8, 4) is 11.5 Å². The van der Waals surface area contributed by atoms with Crippen LogP contribution in [0.2, 0.25) is 0 Å². The third-order valence-electron chi connectivity index (χ3n) is 5.67. The maximum atomic E-state index is 13.1. The molecule has 1 unspecified atom stereocenters. The lowest BCUT2D eigenvalue weighted by atomic mass is 10.1. The Morgan fingerprint density at radius 2 is 2.03 bits per heavy atom. The minimum atomic E-state index is -0.910. The third-order valence-corrected chi connectivity index (χ3v) is 6.59. The van der Waals surface area contributed by atoms with Crippen molar-refractivity contribution in [2.75, 3.05) is 31.0 Å². The van der Waals surface area contributed by atoms with Gasteiger partial charge in [0.25, 0.3) is 5.78 Å². The number of aryl methyl sites for hydroxylation is 2. The number of nitrogens with one attached hydrogen (secondary N) is 2. The summed E-state index contributed by atoms with van der Waals surface area (Å²) >= 11 is 1.21. The van der Waals surface area contributed by atoms with Gasteiger partial charge < -0.3 is 25.0 Å². The summed E-state index contributed by atoms with van der Waals surface area (Å²) in [6.45, 7) is 4.56. The third kappa shape index (κ3) is 4.71. The molecule has 2 aliphatic heterocycles. The van der Waals surface area contributed by atoms with Gasteiger partial charge >= 0.3 is 0 Å². The summed E-state index contributed by atoms with van der Waals surface area (Å²) in [5.41, 5.74) is 2.25. The molecule has 0 saturated carbocycles. The second-order valence-corrected chi connectivity index (χ2v) is 9.10. The second kappa shape index (κ2) is 9.41. The summed E-state index contributed by atoms with van der Waals surface area (Å²) in [4.78, 5) is 44.2. The first-order valence-corrected chi connectivity index (χ1v) is 12.0. The van der Waals surface area contributed by atoms with Crippen LogP contribution in [-0.2, 0) is 14.4 Å². The van der Waals surface area contributed by atoms with E-state index in [2.05, 4.69) is 25.8 Å². The normalized spacial score (nSPS) is 16.9. The highest BCUT2D eigenvalue weighted by molar-refractivity contribution is 7.99. The predicted octanol–water partition coefficient (Wildman–Crippen LogP) is 0.918. The fourth-order valence-electron chi connectivity index (χ4n) is 4.08. The van der Waals surface area contributed by atoms with E-state index in [1.807, 2.05) is 19.9 Å². The van der Waals surface area contributed by atoms with Crippen LogP contribution in [0.4, 0.5) is 5.69 Å². The molecule has 1 fully saturated rings. The minimum Gasteiger partial charge on any atom is -0.454 e. The monoisotopic (exact) mass is 497 g/mol. The van der Waals surface area contributed by atoms with E-state index < -0.39 is 11.9 Å². The van der Waals surface area contributed by atoms with Crippen molar-refractivity contribution < 1.29 is 23.9 Å². The Kier molecular flexibility index (Phi) is 6.16. The molecule has 12 nitrogen and oxygen atoms in total. The molecule has 1 aromatic carbocycles. The number of carbonyl (C=O) groups is 3. The molecule has 3 amide bonds. The number of hydrogen-bond acceptors (Lipinski definition) is 9. The summed E-state index contributed by atoms with van der Waals surface area (Å²) in [6.07, 6.45) is -0.174. The molecule has 2 aromatic heterocycles. The van der Waals surface area contributed by atoms with Gasteiger partial charge in [0.15, 0.2) is 16.7 Å². The Balaban J connectivity index is 1.24. The molecule has 5 rings (SSSR count). The van der Waals surface area contributed by atoms with Crippen LogP contribution >= 0.6 is 11.8 Å². The number of fused-ring (bicyclic) bond motifs is 2. The van der Waals surface area contributed by atoms with Crippen LogP contribution in [-0.4, -0.2) is 73.9 Å². The summed E-state index contributed by atoms with van der Waals surface area (Å²) in [6, 6.07) is 6.04. The van der Waals surface area contributed by atoms with Crippen LogP contribution in [0.15, 0.2) is 29.4 Å². The smallest absolute Gasteiger partial charge is 0.256 e. The van der Waals surface area contributed by atoms with E-state index in [1.165, 1.54) is 16.7 Å². The average molecular weight is 498 g/mol. The number of carbonyl (C=O) groups excluding carboxylic acids is 3. The number of anilines is 1. The number of ether oxygens (including phenoxy) is 2. The van der Waals surface area contributed by atoms with Crippen LogP contribution in [0.25, 0.3) is 5.78 Å². The Bertz CT molecular complexity index is 1330. The molecule has 4 heterocycles. The molecule has 0 spiro atoms. The summed E-state index contributed by atoms with van der Waals surface area (Å²) in [5.74, 6) is 0.629. The van der Waals surface area contributed by atoms with Crippen LogP contribution in [0, 0.1) is 13.8 Å². The lowest BCUT2D eigenvalue weighted by Gasteiger charge is -2.34. The average Bonchev–Trinajstić information content (AvgIpc) is 3.45. The van der Waals surface area contributed by atoms with Crippen molar-refractivity contribution in [1.29, 1.82) is 0 Å². The van der Waals surface area contributed by atoms with Crippen LogP contribution in [0.5, 0.6) is 11.5 Å². The van der Waals surface area contributed by atoms with E-state index in [1.54, 1.807) is 22.6 Å². The summed E-state index contributed by atoms with van der Waals surface area (Å²) in [7, 11) is 0. The molecule has 0 aliphatic carbocycles. The highest BCUT2D eigenvalue weighted by atomic mass is 32.2. The van der Waals surface area contributed by atoms with Gasteiger partial charge in [-0.25, -0.2) is 4.98 Å². The highest BCUT2D eigenvalue weighted by Gasteiger charge is 2.35. The van der Waals surface area contributed by atoms with Gasteiger partial charge in [-0.15, -0.1) is 10.2 Å². The standard InChI is InChI=1S/C22H23N7O5S/c1-12-7-13(2)29-21(24-12)26-27-22(29)35-10-19(31)28-6-5-23-20(32)15(28)9-18(30)25-14-3-4-16-17(8-14)34-11-33-16/h3-4,7-8,15H,5-6,9-11H2,1-2H3,(H,23,32)(H,25,30). The number of hydrogen-bond donors (Lipinski definition) is 2. The SMILES string of the molecule is Cc1cc(C)n2c(SCC(=O)N3CCNC(=O)C3CC(=O)Nc3ccc4c(c3)OCO4)nnc2n1. The molecule has 1 saturated heterocycles. The number of rotatable bonds is 6. The number of nitrogens with zero attached hydrogens (tertiary/aromatic N) is 5. The molecule has 2 N–H and O–H groups in total. The molecule has 182 valence electrons. The summed E-state index contributed by atoms with van der Waals surface area (Å²) < 4.78 is 12.4. The lowest BCUT2D eigenvalue weighted by Crippen LogP contribution is -2.58. The van der Waals surface area contributed by atoms with Gasteiger partial charge in [-0.1, -0.05) is 11.8 Å². The maximum absolute atomic E-state index is 13.1. The Morgan fingerprint density at radius 1 is 1.20 bits per heavy atom. The second-order valence-electron chi connectivity index (χ2n) is 8.16. The first kappa shape index (κ1) is 22.9. The van der Waals surface area contributed by atoms with Gasteiger partial charge in [0.2, 0.25) is 24.5 Å². The Labute approximate surface area is 204 Å². The summed E-state index contributed by atoms with van der Waals surface area (Å²) in [5, 5.41) is 14.3. The van der Waals surface area contributed by atoms with Gasteiger partial charge in [-0.2, -0.15) is 0 Å². The fraction of sp³-hybridized carbons (Fsp3) is 0.364. The Morgan fingerprint density at radius 3 is 2.89 bits per heavy atom. The topological polar surface area (TPSA) is 140 Å². The lowest BCUT2D eigenvalue weighted by molar-refractivity contribution is -0.142. The fourth-order valence-corrected chi connectivity index (χ4v) is 4.95. The van der Waals surface area contributed by atoms with Gasteiger partial charge in [0.05, 0.1) is 12.2 Å². The zero-order valence-corrected chi connectivity index (χ0v) is 19.9. The maximum Gasteiger partial charge on any atom is 0.256 e. The van der Waals surface area contributed by atoms with Crippen LogP contribution in [0.1, 0.15) is 17.8 Å². The van der Waals surface area contributed by atoms with Crippen molar-refractivity contribution in [2.24, 2.45) is 0 Å².